The van der Waals surface area contributed by atoms with Crippen molar-refractivity contribution in [1.29, 1.82) is 0 Å². The van der Waals surface area contributed by atoms with Gasteiger partial charge in [0, 0.05) is 24.8 Å². The van der Waals surface area contributed by atoms with Crippen LogP contribution in [0.1, 0.15) is 11.1 Å². The van der Waals surface area contributed by atoms with Crippen molar-refractivity contribution in [2.75, 3.05) is 0 Å². The molecule has 19 heavy (non-hydrogen) atoms. The average Bonchev–Trinajstić information content (AvgIpc) is 2.84. The normalized spacial score (nSPS) is 11.0. The minimum absolute atomic E-state index is 0.298. The van der Waals surface area contributed by atoms with Crippen molar-refractivity contribution in [2.24, 2.45) is 5.73 Å². The number of aromatic hydroxyl groups is 1. The van der Waals surface area contributed by atoms with Gasteiger partial charge in [0.1, 0.15) is 5.75 Å². The largest absolute Gasteiger partial charge is 0.508 e. The van der Waals surface area contributed by atoms with Gasteiger partial charge in [-0.1, -0.05) is 24.3 Å². The van der Waals surface area contributed by atoms with Gasteiger partial charge in [-0.15, -0.1) is 0 Å². The Hall–Kier alpha value is -2.26. The fourth-order valence-corrected chi connectivity index (χ4v) is 2.29. The van der Waals surface area contributed by atoms with Crippen molar-refractivity contribution in [1.82, 2.24) is 4.57 Å². The Morgan fingerprint density at radius 1 is 0.947 bits per heavy atom. The number of rotatable bonds is 3. The van der Waals surface area contributed by atoms with Gasteiger partial charge in [0.2, 0.25) is 0 Å². The predicted octanol–water partition coefficient (Wildman–Crippen LogP) is 2.85. The minimum atomic E-state index is 0.298. The summed E-state index contributed by atoms with van der Waals surface area (Å²) in [6.45, 7) is 1.35. The Labute approximate surface area is 111 Å². The monoisotopic (exact) mass is 252 g/mol. The summed E-state index contributed by atoms with van der Waals surface area (Å²) in [5, 5.41) is 10.5. The van der Waals surface area contributed by atoms with E-state index < -0.39 is 0 Å². The first kappa shape index (κ1) is 11.8. The lowest BCUT2D eigenvalue weighted by Gasteiger charge is -2.07. The van der Waals surface area contributed by atoms with Gasteiger partial charge in [0.15, 0.2) is 0 Å². The highest BCUT2D eigenvalue weighted by atomic mass is 16.3. The van der Waals surface area contributed by atoms with Gasteiger partial charge in [0.25, 0.3) is 0 Å². The molecule has 0 atom stereocenters. The van der Waals surface area contributed by atoms with Crippen molar-refractivity contribution in [3.05, 3.63) is 65.9 Å². The molecule has 0 saturated carbocycles. The molecule has 0 spiro atoms. The topological polar surface area (TPSA) is 51.2 Å². The third-order valence-corrected chi connectivity index (χ3v) is 3.36. The molecule has 0 fully saturated rings. The van der Waals surface area contributed by atoms with Crippen LogP contribution in [0.25, 0.3) is 10.9 Å². The number of hydrogen-bond acceptors (Lipinski definition) is 2. The van der Waals surface area contributed by atoms with E-state index in [4.69, 9.17) is 5.73 Å². The van der Waals surface area contributed by atoms with Crippen molar-refractivity contribution in [3.63, 3.8) is 0 Å². The number of fused-ring (bicyclic) bond motifs is 1. The molecule has 1 aromatic heterocycles. The SMILES string of the molecule is NCc1ccc2ccn(Cc3ccc(O)cc3)c2c1. The van der Waals surface area contributed by atoms with E-state index in [0.29, 0.717) is 12.3 Å². The third-order valence-electron chi connectivity index (χ3n) is 3.36. The number of aromatic nitrogens is 1. The highest BCUT2D eigenvalue weighted by Gasteiger charge is 2.03. The van der Waals surface area contributed by atoms with E-state index in [2.05, 4.69) is 35.0 Å². The van der Waals surface area contributed by atoms with E-state index in [1.54, 1.807) is 12.1 Å². The lowest BCUT2D eigenvalue weighted by molar-refractivity contribution is 0.475. The number of benzene rings is 2. The molecular weight excluding hydrogens is 236 g/mol. The molecule has 0 aliphatic heterocycles. The smallest absolute Gasteiger partial charge is 0.115 e. The molecule has 0 aliphatic rings. The molecule has 3 rings (SSSR count). The molecule has 0 bridgehead atoms. The third kappa shape index (κ3) is 2.33. The molecule has 0 saturated heterocycles. The van der Waals surface area contributed by atoms with Gasteiger partial charge in [-0.2, -0.15) is 0 Å². The molecule has 0 aliphatic carbocycles. The average molecular weight is 252 g/mol. The predicted molar refractivity (Wildman–Crippen MR) is 77.0 cm³/mol. The Morgan fingerprint density at radius 2 is 1.68 bits per heavy atom. The number of nitrogens with zero attached hydrogens (tertiary/aromatic N) is 1. The summed E-state index contributed by atoms with van der Waals surface area (Å²) >= 11 is 0. The highest BCUT2D eigenvalue weighted by molar-refractivity contribution is 5.80. The van der Waals surface area contributed by atoms with Crippen LogP contribution in [-0.4, -0.2) is 9.67 Å². The fourth-order valence-electron chi connectivity index (χ4n) is 2.29. The zero-order valence-corrected chi connectivity index (χ0v) is 10.6. The van der Waals surface area contributed by atoms with Crippen LogP contribution in [0, 0.1) is 0 Å². The van der Waals surface area contributed by atoms with Crippen LogP contribution in [0.15, 0.2) is 54.7 Å². The molecule has 0 radical (unpaired) electrons. The fraction of sp³-hybridized carbons (Fsp3) is 0.125. The van der Waals surface area contributed by atoms with Crippen LogP contribution < -0.4 is 5.73 Å². The first-order chi connectivity index (χ1) is 9.26. The second-order valence-electron chi connectivity index (χ2n) is 4.71. The summed E-state index contributed by atoms with van der Waals surface area (Å²) in [7, 11) is 0. The van der Waals surface area contributed by atoms with E-state index in [9.17, 15) is 5.11 Å². The van der Waals surface area contributed by atoms with Gasteiger partial charge in [0.05, 0.1) is 0 Å². The summed E-state index contributed by atoms with van der Waals surface area (Å²) in [5.74, 6) is 0.298. The molecule has 3 N–H and O–H groups in total. The zero-order valence-electron chi connectivity index (χ0n) is 10.6. The van der Waals surface area contributed by atoms with Crippen LogP contribution in [0.4, 0.5) is 0 Å². The Kier molecular flexibility index (Phi) is 2.97. The first-order valence-corrected chi connectivity index (χ1v) is 6.32. The van der Waals surface area contributed by atoms with Gasteiger partial charge in [-0.05, 0) is 40.8 Å². The van der Waals surface area contributed by atoms with Crippen LogP contribution in [-0.2, 0) is 13.1 Å². The van der Waals surface area contributed by atoms with E-state index in [1.165, 1.54) is 10.9 Å². The van der Waals surface area contributed by atoms with E-state index in [-0.39, 0.29) is 0 Å². The van der Waals surface area contributed by atoms with Gasteiger partial charge < -0.3 is 15.4 Å². The van der Waals surface area contributed by atoms with E-state index >= 15 is 0 Å². The van der Waals surface area contributed by atoms with Gasteiger partial charge in [-0.3, -0.25) is 0 Å². The van der Waals surface area contributed by atoms with Gasteiger partial charge in [-0.25, -0.2) is 0 Å². The standard InChI is InChI=1S/C16H16N2O/c17-10-13-1-4-14-7-8-18(16(14)9-13)11-12-2-5-15(19)6-3-12/h1-9,19H,10-11,17H2. The molecule has 3 aromatic rings. The van der Waals surface area contributed by atoms with Crippen molar-refractivity contribution in [2.45, 2.75) is 13.1 Å². The van der Waals surface area contributed by atoms with Crippen LogP contribution in [0.5, 0.6) is 5.75 Å². The molecule has 0 unspecified atom stereocenters. The van der Waals surface area contributed by atoms with Crippen molar-refractivity contribution < 1.29 is 5.11 Å². The van der Waals surface area contributed by atoms with Crippen LogP contribution in [0.3, 0.4) is 0 Å². The molecule has 1 heterocycles. The summed E-state index contributed by atoms with van der Waals surface area (Å²) < 4.78 is 2.20. The summed E-state index contributed by atoms with van der Waals surface area (Å²) in [6, 6.07) is 15.7. The lowest BCUT2D eigenvalue weighted by atomic mass is 10.1. The maximum atomic E-state index is 9.30. The molecule has 0 amide bonds. The van der Waals surface area contributed by atoms with E-state index in [0.717, 1.165) is 17.7 Å². The maximum absolute atomic E-state index is 9.30. The summed E-state index contributed by atoms with van der Waals surface area (Å²) in [4.78, 5) is 0. The molecule has 2 aromatic carbocycles. The van der Waals surface area contributed by atoms with Crippen molar-refractivity contribution in [3.8, 4) is 5.75 Å². The quantitative estimate of drug-likeness (QED) is 0.753. The Balaban J connectivity index is 1.98. The molecular formula is C16H16N2O. The maximum Gasteiger partial charge on any atom is 0.115 e. The second kappa shape index (κ2) is 4.78. The lowest BCUT2D eigenvalue weighted by Crippen LogP contribution is -1.99. The van der Waals surface area contributed by atoms with Crippen LogP contribution >= 0.6 is 0 Å². The zero-order chi connectivity index (χ0) is 13.2. The number of phenolic OH excluding ortho intramolecular Hbond substituents is 1. The molecule has 96 valence electrons. The highest BCUT2D eigenvalue weighted by Crippen LogP contribution is 2.19. The summed E-state index contributed by atoms with van der Waals surface area (Å²) in [6.07, 6.45) is 2.08. The minimum Gasteiger partial charge on any atom is -0.508 e. The first-order valence-electron chi connectivity index (χ1n) is 6.32. The Morgan fingerprint density at radius 3 is 2.42 bits per heavy atom. The Bertz CT molecular complexity index is 698. The molecule has 3 heteroatoms. The van der Waals surface area contributed by atoms with E-state index in [1.807, 2.05) is 12.1 Å². The number of nitrogens with two attached hydrogens (primary N) is 1. The van der Waals surface area contributed by atoms with Crippen LogP contribution in [0.2, 0.25) is 0 Å². The number of hydrogen-bond donors (Lipinski definition) is 2. The van der Waals surface area contributed by atoms with Crippen molar-refractivity contribution >= 4 is 10.9 Å². The summed E-state index contributed by atoms with van der Waals surface area (Å²) in [5.41, 5.74) is 9.18. The second-order valence-corrected chi connectivity index (χ2v) is 4.71. The molecule has 3 nitrogen and oxygen atoms in total. The van der Waals surface area contributed by atoms with Gasteiger partial charge >= 0.3 is 0 Å². The number of phenols is 1.